The molecule has 0 aromatic carbocycles. The summed E-state index contributed by atoms with van der Waals surface area (Å²) in [6.45, 7) is 8.69. The minimum atomic E-state index is -1.13. The Balaban J connectivity index is 2.36. The van der Waals surface area contributed by atoms with Gasteiger partial charge in [-0.3, -0.25) is 4.79 Å². The van der Waals surface area contributed by atoms with Gasteiger partial charge in [-0.2, -0.15) is 0 Å². The molecule has 5 nitrogen and oxygen atoms in total. The van der Waals surface area contributed by atoms with Crippen LogP contribution < -0.4 is 10.2 Å². The van der Waals surface area contributed by atoms with Crippen LogP contribution >= 0.6 is 0 Å². The predicted octanol–water partition coefficient (Wildman–Crippen LogP) is 2.97. The van der Waals surface area contributed by atoms with Crippen LogP contribution in [0, 0.1) is 0 Å². The van der Waals surface area contributed by atoms with Crippen molar-refractivity contribution in [3.63, 3.8) is 0 Å². The number of aryl methyl sites for hydroxylation is 1. The van der Waals surface area contributed by atoms with Crippen LogP contribution in [-0.4, -0.2) is 20.3 Å². The number of pyridine rings is 2. The highest BCUT2D eigenvalue weighted by Gasteiger charge is 2.57. The second kappa shape index (κ2) is 5.34. The highest BCUT2D eigenvalue weighted by Crippen LogP contribution is 2.52. The fourth-order valence-electron chi connectivity index (χ4n) is 3.81. The van der Waals surface area contributed by atoms with E-state index in [4.69, 9.17) is 9.72 Å². The molecule has 1 atom stereocenters. The second-order valence-electron chi connectivity index (χ2n) is 6.19. The molecule has 1 unspecified atom stereocenters. The Labute approximate surface area is 135 Å². The first-order valence-electron chi connectivity index (χ1n) is 8.42. The van der Waals surface area contributed by atoms with Crippen LogP contribution in [0.25, 0.3) is 11.0 Å². The zero-order valence-electron chi connectivity index (χ0n) is 14.2. The molecule has 0 radical (unpaired) electrons. The molecule has 0 fully saturated rings. The Hall–Kier alpha value is -1.88. The number of fused-ring (bicyclic) bond motifs is 2. The van der Waals surface area contributed by atoms with Crippen LogP contribution in [0.5, 0.6) is 5.75 Å². The van der Waals surface area contributed by atoms with Crippen LogP contribution in [0.4, 0.5) is 0 Å². The summed E-state index contributed by atoms with van der Waals surface area (Å²) < 4.78 is 8.10. The standard InChI is InChI=1S/C18H24N2O3/c1-5-17(6-2)18(22,7-3)15-14(23-17)11-12-13(21)9-10-20(8-4)16(12)19-15/h9-11,22H,5-8H2,1-4H3. The van der Waals surface area contributed by atoms with E-state index >= 15 is 0 Å². The van der Waals surface area contributed by atoms with E-state index in [9.17, 15) is 9.90 Å². The van der Waals surface area contributed by atoms with Gasteiger partial charge in [0.05, 0.1) is 5.39 Å². The van der Waals surface area contributed by atoms with Gasteiger partial charge in [-0.05, 0) is 32.3 Å². The van der Waals surface area contributed by atoms with Crippen molar-refractivity contribution in [3.05, 3.63) is 34.2 Å². The van der Waals surface area contributed by atoms with Gasteiger partial charge in [-0.25, -0.2) is 4.98 Å². The van der Waals surface area contributed by atoms with E-state index in [0.29, 0.717) is 48.3 Å². The monoisotopic (exact) mass is 316 g/mol. The number of aliphatic hydroxyl groups is 1. The highest BCUT2D eigenvalue weighted by atomic mass is 16.5. The van der Waals surface area contributed by atoms with E-state index in [-0.39, 0.29) is 5.43 Å². The molecule has 0 amide bonds. The highest BCUT2D eigenvalue weighted by molar-refractivity contribution is 5.78. The van der Waals surface area contributed by atoms with Gasteiger partial charge in [0.1, 0.15) is 28.3 Å². The second-order valence-corrected chi connectivity index (χ2v) is 6.19. The SMILES string of the molecule is CCn1ccc(=O)c2cc3c(nc21)C(O)(CC)C(CC)(CC)O3. The molecule has 1 aliphatic heterocycles. The molecule has 23 heavy (non-hydrogen) atoms. The van der Waals surface area contributed by atoms with E-state index in [2.05, 4.69) is 0 Å². The third kappa shape index (κ3) is 1.96. The zero-order valence-corrected chi connectivity index (χ0v) is 14.2. The summed E-state index contributed by atoms with van der Waals surface area (Å²) in [5.41, 5.74) is -0.727. The summed E-state index contributed by atoms with van der Waals surface area (Å²) in [5, 5.41) is 11.9. The van der Waals surface area contributed by atoms with E-state index < -0.39 is 11.2 Å². The molecule has 0 saturated carbocycles. The summed E-state index contributed by atoms with van der Waals surface area (Å²) in [6.07, 6.45) is 3.62. The van der Waals surface area contributed by atoms with E-state index in [1.54, 1.807) is 18.3 Å². The number of hydrogen-bond donors (Lipinski definition) is 1. The van der Waals surface area contributed by atoms with Crippen LogP contribution in [-0.2, 0) is 12.1 Å². The van der Waals surface area contributed by atoms with Crippen LogP contribution in [0.1, 0.15) is 52.7 Å². The molecule has 5 heteroatoms. The summed E-state index contributed by atoms with van der Waals surface area (Å²) in [4.78, 5) is 16.9. The third-order valence-electron chi connectivity index (χ3n) is 5.36. The summed E-state index contributed by atoms with van der Waals surface area (Å²) in [5.74, 6) is 0.538. The number of ether oxygens (including phenoxy) is 1. The quantitative estimate of drug-likeness (QED) is 0.942. The van der Waals surface area contributed by atoms with Crippen molar-refractivity contribution in [3.8, 4) is 5.75 Å². The lowest BCUT2D eigenvalue weighted by molar-refractivity contribution is -0.123. The number of rotatable bonds is 4. The summed E-state index contributed by atoms with van der Waals surface area (Å²) in [6, 6.07) is 3.30. The van der Waals surface area contributed by atoms with E-state index in [1.165, 1.54) is 0 Å². The maximum atomic E-state index is 12.2. The fourth-order valence-corrected chi connectivity index (χ4v) is 3.81. The van der Waals surface area contributed by atoms with Gasteiger partial charge in [0.15, 0.2) is 5.43 Å². The van der Waals surface area contributed by atoms with Crippen molar-refractivity contribution >= 4 is 11.0 Å². The largest absolute Gasteiger partial charge is 0.482 e. The Morgan fingerprint density at radius 3 is 2.48 bits per heavy atom. The van der Waals surface area contributed by atoms with Crippen molar-refractivity contribution < 1.29 is 9.84 Å². The molecule has 1 aliphatic rings. The summed E-state index contributed by atoms with van der Waals surface area (Å²) >= 11 is 0. The average molecular weight is 316 g/mol. The minimum absolute atomic E-state index is 0.0749. The minimum Gasteiger partial charge on any atom is -0.482 e. The molecule has 0 bridgehead atoms. The molecule has 124 valence electrons. The lowest BCUT2D eigenvalue weighted by Gasteiger charge is -2.38. The third-order valence-corrected chi connectivity index (χ3v) is 5.36. The normalized spacial score (nSPS) is 22.1. The maximum absolute atomic E-state index is 12.2. The van der Waals surface area contributed by atoms with E-state index in [0.717, 1.165) is 0 Å². The lowest BCUT2D eigenvalue weighted by Crippen LogP contribution is -2.50. The first-order chi connectivity index (χ1) is 11.0. The van der Waals surface area contributed by atoms with Crippen molar-refractivity contribution in [2.45, 2.75) is 64.7 Å². The molecule has 2 aromatic heterocycles. The molecule has 3 rings (SSSR count). The molecular weight excluding hydrogens is 292 g/mol. The Morgan fingerprint density at radius 2 is 1.91 bits per heavy atom. The first kappa shape index (κ1) is 16.0. The van der Waals surface area contributed by atoms with Crippen molar-refractivity contribution in [1.29, 1.82) is 0 Å². The molecule has 0 saturated heterocycles. The van der Waals surface area contributed by atoms with Gasteiger partial charge in [0.25, 0.3) is 0 Å². The van der Waals surface area contributed by atoms with Crippen LogP contribution in [0.2, 0.25) is 0 Å². The van der Waals surface area contributed by atoms with Gasteiger partial charge in [-0.1, -0.05) is 20.8 Å². The lowest BCUT2D eigenvalue weighted by atomic mass is 9.76. The first-order valence-corrected chi connectivity index (χ1v) is 8.42. The average Bonchev–Trinajstić information content (AvgIpc) is 2.83. The Kier molecular flexibility index (Phi) is 3.71. The number of nitrogens with zero attached hydrogens (tertiary/aromatic N) is 2. The predicted molar refractivity (Wildman–Crippen MR) is 89.8 cm³/mol. The van der Waals surface area contributed by atoms with Crippen molar-refractivity contribution in [2.24, 2.45) is 0 Å². The Bertz CT molecular complexity index is 808. The maximum Gasteiger partial charge on any atom is 0.191 e. The van der Waals surface area contributed by atoms with Gasteiger partial charge >= 0.3 is 0 Å². The number of hydrogen-bond acceptors (Lipinski definition) is 4. The number of aromatic nitrogens is 2. The zero-order chi connectivity index (χ0) is 16.8. The van der Waals surface area contributed by atoms with Crippen molar-refractivity contribution in [1.82, 2.24) is 9.55 Å². The van der Waals surface area contributed by atoms with Crippen LogP contribution in [0.3, 0.4) is 0 Å². The smallest absolute Gasteiger partial charge is 0.191 e. The molecule has 3 heterocycles. The molecule has 1 N–H and O–H groups in total. The molecule has 0 spiro atoms. The molecular formula is C18H24N2O3. The van der Waals surface area contributed by atoms with Gasteiger partial charge < -0.3 is 14.4 Å². The molecule has 2 aromatic rings. The van der Waals surface area contributed by atoms with Gasteiger partial charge in [0, 0.05) is 18.8 Å². The van der Waals surface area contributed by atoms with E-state index in [1.807, 2.05) is 32.3 Å². The van der Waals surface area contributed by atoms with Gasteiger partial charge in [-0.15, -0.1) is 0 Å². The van der Waals surface area contributed by atoms with Crippen molar-refractivity contribution in [2.75, 3.05) is 0 Å². The van der Waals surface area contributed by atoms with Gasteiger partial charge in [0.2, 0.25) is 0 Å². The molecule has 0 aliphatic carbocycles. The topological polar surface area (TPSA) is 64.4 Å². The fraction of sp³-hybridized carbons (Fsp3) is 0.556. The Morgan fingerprint density at radius 1 is 1.22 bits per heavy atom. The summed E-state index contributed by atoms with van der Waals surface area (Å²) in [7, 11) is 0. The van der Waals surface area contributed by atoms with Crippen LogP contribution in [0.15, 0.2) is 23.1 Å².